The van der Waals surface area contributed by atoms with Crippen molar-refractivity contribution in [1.29, 1.82) is 0 Å². The molecule has 2 N–H and O–H groups in total. The van der Waals surface area contributed by atoms with Gasteiger partial charge in [0.15, 0.2) is 0 Å². The summed E-state index contributed by atoms with van der Waals surface area (Å²) >= 11 is 0. The lowest BCUT2D eigenvalue weighted by Crippen LogP contribution is -2.34. The Bertz CT molecular complexity index is 1480. The zero-order valence-electron chi connectivity index (χ0n) is 21.1. The Morgan fingerprint density at radius 3 is 2.49 bits per heavy atom. The summed E-state index contributed by atoms with van der Waals surface area (Å²) in [6.45, 7) is 3.00. The molecule has 2 aromatic carbocycles. The van der Waals surface area contributed by atoms with E-state index in [4.69, 9.17) is 10.2 Å². The zero-order chi connectivity index (χ0) is 26.0. The monoisotopic (exact) mass is 520 g/mol. The van der Waals surface area contributed by atoms with Gasteiger partial charge in [0.25, 0.3) is 0 Å². The number of aliphatic hydroxyl groups excluding tert-OH is 1. The Kier molecular flexibility index (Phi) is 7.14. The number of nitrogens with zero attached hydrogens (tertiary/aromatic N) is 5. The van der Waals surface area contributed by atoms with Crippen LogP contribution in [0.3, 0.4) is 0 Å². The number of piperidine rings is 1. The van der Waals surface area contributed by atoms with Crippen molar-refractivity contribution in [2.45, 2.75) is 18.8 Å². The summed E-state index contributed by atoms with van der Waals surface area (Å²) in [7, 11) is -1.87. The van der Waals surface area contributed by atoms with Crippen LogP contribution < -0.4 is 9.62 Å². The van der Waals surface area contributed by atoms with Gasteiger partial charge in [-0.15, -0.1) is 5.10 Å². The van der Waals surface area contributed by atoms with Crippen LogP contribution >= 0.6 is 0 Å². The van der Waals surface area contributed by atoms with E-state index in [0.29, 0.717) is 17.6 Å². The molecule has 0 spiro atoms. The number of benzene rings is 2. The Hall–Kier alpha value is -3.47. The summed E-state index contributed by atoms with van der Waals surface area (Å²) in [5.74, 6) is 0.980. The van der Waals surface area contributed by atoms with Crippen LogP contribution in [0, 0.1) is 0 Å². The summed E-state index contributed by atoms with van der Waals surface area (Å²) in [4.78, 5) is 6.78. The average Bonchev–Trinajstić information content (AvgIpc) is 3.32. The first-order valence-corrected chi connectivity index (χ1v) is 14.3. The molecule has 0 atom stereocenters. The normalized spacial score (nSPS) is 15.2. The number of hydrogen-bond donors (Lipinski definition) is 2. The predicted molar refractivity (Wildman–Crippen MR) is 147 cm³/mol. The smallest absolute Gasteiger partial charge is 0.245 e. The van der Waals surface area contributed by atoms with Crippen LogP contribution in [0.1, 0.15) is 24.3 Å². The number of anilines is 3. The first-order valence-electron chi connectivity index (χ1n) is 12.4. The van der Waals surface area contributed by atoms with Crippen molar-refractivity contribution >= 4 is 32.9 Å². The molecule has 1 aliphatic heterocycles. The SMILES string of the molecule is CN(c1ccccc1-c1ccc2cnc(Nc3ccc(C4CCN(CCO)CC4)cc3)nn12)S(C)(=O)=O. The van der Waals surface area contributed by atoms with Crippen molar-refractivity contribution in [3.63, 3.8) is 0 Å². The van der Waals surface area contributed by atoms with E-state index < -0.39 is 10.0 Å². The van der Waals surface area contributed by atoms with E-state index >= 15 is 0 Å². The fourth-order valence-electron chi connectivity index (χ4n) is 4.91. The van der Waals surface area contributed by atoms with Crippen LogP contribution in [-0.4, -0.2) is 72.6 Å². The lowest BCUT2D eigenvalue weighted by atomic mass is 9.89. The number of para-hydroxylation sites is 1. The number of rotatable bonds is 8. The molecule has 9 nitrogen and oxygen atoms in total. The van der Waals surface area contributed by atoms with Crippen LogP contribution in [-0.2, 0) is 10.0 Å². The van der Waals surface area contributed by atoms with Crippen molar-refractivity contribution in [2.24, 2.45) is 0 Å². The number of likely N-dealkylation sites (tertiary alicyclic amines) is 1. The van der Waals surface area contributed by atoms with E-state index in [1.807, 2.05) is 30.3 Å². The molecule has 2 aromatic heterocycles. The van der Waals surface area contributed by atoms with E-state index in [9.17, 15) is 8.42 Å². The predicted octanol–water partition coefficient (Wildman–Crippen LogP) is 3.71. The average molecular weight is 521 g/mol. The molecule has 1 fully saturated rings. The molecule has 37 heavy (non-hydrogen) atoms. The second-order valence-electron chi connectivity index (χ2n) is 9.47. The molecule has 0 radical (unpaired) electrons. The molecule has 1 saturated heterocycles. The van der Waals surface area contributed by atoms with Gasteiger partial charge >= 0.3 is 0 Å². The maximum Gasteiger partial charge on any atom is 0.245 e. The van der Waals surface area contributed by atoms with Gasteiger partial charge in [-0.25, -0.2) is 17.9 Å². The number of aliphatic hydroxyl groups is 1. The van der Waals surface area contributed by atoms with Crippen molar-refractivity contribution in [3.05, 3.63) is 72.4 Å². The molecule has 194 valence electrons. The molecule has 1 aliphatic rings. The lowest BCUT2D eigenvalue weighted by molar-refractivity contribution is 0.164. The highest BCUT2D eigenvalue weighted by Gasteiger charge is 2.21. The lowest BCUT2D eigenvalue weighted by Gasteiger charge is -2.31. The van der Waals surface area contributed by atoms with Gasteiger partial charge in [0.2, 0.25) is 16.0 Å². The third-order valence-electron chi connectivity index (χ3n) is 7.06. The number of hydrogen-bond acceptors (Lipinski definition) is 7. The van der Waals surface area contributed by atoms with Gasteiger partial charge in [0.05, 0.1) is 36.0 Å². The third kappa shape index (κ3) is 5.46. The van der Waals surface area contributed by atoms with Gasteiger partial charge in [-0.3, -0.25) is 4.31 Å². The third-order valence-corrected chi connectivity index (χ3v) is 8.25. The Balaban J connectivity index is 1.36. The fraction of sp³-hybridized carbons (Fsp3) is 0.333. The highest BCUT2D eigenvalue weighted by molar-refractivity contribution is 7.92. The first-order chi connectivity index (χ1) is 17.8. The van der Waals surface area contributed by atoms with Crippen LogP contribution in [0.2, 0.25) is 0 Å². The summed E-state index contributed by atoms with van der Waals surface area (Å²) in [5, 5.41) is 17.2. The number of nitrogens with one attached hydrogen (secondary N) is 1. The molecule has 10 heteroatoms. The summed E-state index contributed by atoms with van der Waals surface area (Å²) in [5.41, 5.74) is 5.14. The van der Waals surface area contributed by atoms with Gasteiger partial charge in [-0.1, -0.05) is 30.3 Å². The van der Waals surface area contributed by atoms with Gasteiger partial charge in [0, 0.05) is 24.8 Å². The van der Waals surface area contributed by atoms with Crippen molar-refractivity contribution in [3.8, 4) is 11.3 Å². The maximum absolute atomic E-state index is 12.2. The van der Waals surface area contributed by atoms with Crippen molar-refractivity contribution in [2.75, 3.05) is 49.2 Å². The summed E-state index contributed by atoms with van der Waals surface area (Å²) < 4.78 is 27.5. The van der Waals surface area contributed by atoms with Gasteiger partial charge in [-0.05, 0) is 67.7 Å². The number of aromatic nitrogens is 3. The molecule has 5 rings (SSSR count). The molecule has 3 heterocycles. The number of fused-ring (bicyclic) bond motifs is 1. The van der Waals surface area contributed by atoms with Gasteiger partial charge in [-0.2, -0.15) is 0 Å². The highest BCUT2D eigenvalue weighted by atomic mass is 32.2. The molecule has 0 bridgehead atoms. The minimum atomic E-state index is -3.42. The largest absolute Gasteiger partial charge is 0.395 e. The molecule has 0 amide bonds. The molecule has 0 saturated carbocycles. The van der Waals surface area contributed by atoms with Crippen LogP contribution in [0.25, 0.3) is 16.8 Å². The van der Waals surface area contributed by atoms with Gasteiger partial charge in [0.1, 0.15) is 0 Å². The van der Waals surface area contributed by atoms with E-state index in [-0.39, 0.29) is 6.61 Å². The Labute approximate surface area is 217 Å². The Morgan fingerprint density at radius 2 is 1.78 bits per heavy atom. The summed E-state index contributed by atoms with van der Waals surface area (Å²) in [6.07, 6.45) is 5.13. The standard InChI is InChI=1S/C27H32N6O3S/c1-31(37(2,35)36)25-6-4-3-5-24(25)26-12-11-23-19-28-27(30-33(23)26)29-22-9-7-20(8-10-22)21-13-15-32(16-14-21)17-18-34/h3-12,19,21,34H,13-18H2,1-2H3,(H,29,30). The molecule has 0 aliphatic carbocycles. The number of sulfonamides is 1. The van der Waals surface area contributed by atoms with Crippen molar-refractivity contribution in [1.82, 2.24) is 19.5 Å². The van der Waals surface area contributed by atoms with E-state index in [0.717, 1.165) is 54.9 Å². The van der Waals surface area contributed by atoms with Crippen molar-refractivity contribution < 1.29 is 13.5 Å². The molecular weight excluding hydrogens is 488 g/mol. The van der Waals surface area contributed by atoms with Crippen LogP contribution in [0.5, 0.6) is 0 Å². The molecular formula is C27H32N6O3S. The fourth-order valence-corrected chi connectivity index (χ4v) is 5.42. The van der Waals surface area contributed by atoms with Crippen LogP contribution in [0.15, 0.2) is 66.9 Å². The maximum atomic E-state index is 12.2. The molecule has 4 aromatic rings. The van der Waals surface area contributed by atoms with E-state index in [1.165, 1.54) is 16.1 Å². The minimum Gasteiger partial charge on any atom is -0.395 e. The second kappa shape index (κ2) is 10.5. The molecule has 0 unspecified atom stereocenters. The number of β-amino-alcohol motifs (C(OH)–C–C–N with tert-alkyl or cyclic N) is 1. The van der Waals surface area contributed by atoms with Gasteiger partial charge < -0.3 is 15.3 Å². The highest BCUT2D eigenvalue weighted by Crippen LogP contribution is 2.33. The summed E-state index contributed by atoms with van der Waals surface area (Å²) in [6, 6.07) is 19.6. The zero-order valence-corrected chi connectivity index (χ0v) is 21.9. The van der Waals surface area contributed by atoms with E-state index in [2.05, 4.69) is 39.5 Å². The van der Waals surface area contributed by atoms with Crippen LogP contribution in [0.4, 0.5) is 17.3 Å². The topological polar surface area (TPSA) is 103 Å². The minimum absolute atomic E-state index is 0.216. The Morgan fingerprint density at radius 1 is 1.05 bits per heavy atom. The second-order valence-corrected chi connectivity index (χ2v) is 11.5. The first kappa shape index (κ1) is 25.2. The quantitative estimate of drug-likeness (QED) is 0.365. The van der Waals surface area contributed by atoms with E-state index in [1.54, 1.807) is 23.8 Å².